The van der Waals surface area contributed by atoms with Crippen LogP contribution in [0.15, 0.2) is 97.1 Å². The largest absolute Gasteiger partial charge is 0.467 e. The number of hydroxylamine groups is 1. The fraction of sp³-hybridized carbons (Fsp3) is 0.347. The second kappa shape index (κ2) is 29.4. The molecule has 9 N–H and O–H groups in total. The van der Waals surface area contributed by atoms with E-state index >= 15 is 0 Å². The number of nitrogens with one attached hydrogen (secondary N) is 3. The second-order valence-corrected chi connectivity index (χ2v) is 15.2. The highest BCUT2D eigenvalue weighted by atomic mass is 35.5. The second-order valence-electron chi connectivity index (χ2n) is 15.2. The maximum absolute atomic E-state index is 12.4. The van der Waals surface area contributed by atoms with E-state index in [2.05, 4.69) is 79.0 Å². The van der Waals surface area contributed by atoms with Gasteiger partial charge in [-0.1, -0.05) is 47.9 Å². The Morgan fingerprint density at radius 2 is 0.910 bits per heavy atom. The smallest absolute Gasteiger partial charge is 0.331 e. The van der Waals surface area contributed by atoms with Crippen LogP contribution in [-0.2, 0) is 36.9 Å². The topological polar surface area (TPSA) is 245 Å². The SMILES string of the molecule is COC(=O)C(NC(=O)c1ccc(C#Cc2ccc(CN3CCOCC3)cc2)cc1)[C@@H](C)O.C[C@@H](O)C(NC(=O)c1ccc(C#Cc2ccc(CN3CCOCC3)cc2)cc1)C(=O)NO.Cl.NO. The number of nitrogens with two attached hydrogens (primary N) is 1. The van der Waals surface area contributed by atoms with Crippen LogP contribution < -0.4 is 22.0 Å². The van der Waals surface area contributed by atoms with Crippen molar-refractivity contribution in [3.8, 4) is 23.7 Å². The van der Waals surface area contributed by atoms with Gasteiger partial charge in [-0.05, 0) is 97.8 Å². The van der Waals surface area contributed by atoms with E-state index in [0.29, 0.717) is 11.1 Å². The molecule has 2 heterocycles. The minimum atomic E-state index is -1.27. The predicted molar refractivity (Wildman–Crippen MR) is 251 cm³/mol. The molecule has 4 atom stereocenters. The van der Waals surface area contributed by atoms with Gasteiger partial charge in [0.2, 0.25) is 0 Å². The normalized spacial score (nSPS) is 15.1. The molecule has 358 valence electrons. The molecule has 67 heavy (non-hydrogen) atoms. The fourth-order valence-electron chi connectivity index (χ4n) is 6.55. The Bertz CT molecular complexity index is 2120. The van der Waals surface area contributed by atoms with Gasteiger partial charge in [-0.2, -0.15) is 0 Å². The Hall–Kier alpha value is -6.19. The molecule has 2 aliphatic rings. The summed E-state index contributed by atoms with van der Waals surface area (Å²) in [6.07, 6.45) is -2.24. The summed E-state index contributed by atoms with van der Waals surface area (Å²) in [5.41, 5.74) is 7.88. The van der Waals surface area contributed by atoms with Gasteiger partial charge in [0, 0.05) is 72.6 Å². The van der Waals surface area contributed by atoms with Gasteiger partial charge in [0.25, 0.3) is 17.7 Å². The molecule has 0 aromatic heterocycles. The lowest BCUT2D eigenvalue weighted by Gasteiger charge is -2.26. The molecule has 18 heteroatoms. The average molecular weight is 943 g/mol. The highest BCUT2D eigenvalue weighted by molar-refractivity contribution is 5.98. The average Bonchev–Trinajstić information content (AvgIpc) is 3.35. The van der Waals surface area contributed by atoms with Crippen molar-refractivity contribution in [3.63, 3.8) is 0 Å². The summed E-state index contributed by atoms with van der Waals surface area (Å²) < 4.78 is 15.4. The van der Waals surface area contributed by atoms with Crippen LogP contribution in [0, 0.1) is 23.7 Å². The van der Waals surface area contributed by atoms with Gasteiger partial charge in [0.15, 0.2) is 6.04 Å². The summed E-state index contributed by atoms with van der Waals surface area (Å²) in [5, 5.41) is 39.4. The van der Waals surface area contributed by atoms with E-state index in [4.69, 9.17) is 19.9 Å². The number of aliphatic hydroxyl groups is 2. The number of halogens is 1. The molecule has 0 saturated carbocycles. The molecule has 2 fully saturated rings. The van der Waals surface area contributed by atoms with Gasteiger partial charge >= 0.3 is 5.97 Å². The molecule has 2 saturated heterocycles. The number of amides is 3. The van der Waals surface area contributed by atoms with Crippen LogP contribution >= 0.6 is 12.4 Å². The van der Waals surface area contributed by atoms with Crippen molar-refractivity contribution in [2.75, 3.05) is 59.7 Å². The molecule has 0 bridgehead atoms. The summed E-state index contributed by atoms with van der Waals surface area (Å²) in [6.45, 7) is 11.5. The molecular weight excluding hydrogens is 884 g/mol. The minimum absolute atomic E-state index is 0. The van der Waals surface area contributed by atoms with Gasteiger partial charge in [-0.25, -0.2) is 16.2 Å². The third kappa shape index (κ3) is 18.5. The van der Waals surface area contributed by atoms with Gasteiger partial charge in [-0.15, -0.1) is 12.4 Å². The molecule has 3 amide bonds. The lowest BCUT2D eigenvalue weighted by Crippen LogP contribution is -2.51. The fourth-order valence-corrected chi connectivity index (χ4v) is 6.55. The first-order valence-electron chi connectivity index (χ1n) is 21.2. The maximum Gasteiger partial charge on any atom is 0.331 e. The molecule has 6 rings (SSSR count). The Morgan fingerprint density at radius 1 is 0.597 bits per heavy atom. The molecule has 4 aromatic rings. The van der Waals surface area contributed by atoms with Crippen LogP contribution in [0.4, 0.5) is 0 Å². The number of ether oxygens (including phenoxy) is 3. The zero-order valence-corrected chi connectivity index (χ0v) is 38.5. The van der Waals surface area contributed by atoms with Crippen LogP contribution in [0.2, 0.25) is 0 Å². The first kappa shape index (κ1) is 55.1. The lowest BCUT2D eigenvalue weighted by molar-refractivity contribution is -0.145. The van der Waals surface area contributed by atoms with E-state index in [0.717, 1.165) is 87.9 Å². The first-order chi connectivity index (χ1) is 31.9. The number of esters is 1. The van der Waals surface area contributed by atoms with Gasteiger partial charge in [0.05, 0.1) is 45.7 Å². The van der Waals surface area contributed by atoms with Crippen molar-refractivity contribution in [1.29, 1.82) is 0 Å². The van der Waals surface area contributed by atoms with E-state index in [9.17, 15) is 29.4 Å². The van der Waals surface area contributed by atoms with E-state index in [1.165, 1.54) is 37.6 Å². The number of benzene rings is 4. The standard InChI is InChI=1S/C25H28N2O5.C24H27N3O5.ClH.H3NO/c1-18(28)23(25(30)31-2)26-24(29)22-11-9-20(10-12-22)4-3-19-5-7-21(8-6-19)17-27-13-15-32-16-14-27;1-17(28)22(24(30)26-31)25-23(29)21-10-8-19(9-11-21)3-2-18-4-6-20(7-5-18)16-27-12-14-32-15-13-27;;1-2/h5-12,18,23,28H,13-17H2,1-2H3,(H,26,29);4-11,17,22,28,31H,12-16H2,1H3,(H,25,29)(H,26,30);1H;2H,1H2/t18-,23?;17-,22?;;/m11../s1. The minimum Gasteiger partial charge on any atom is -0.467 e. The third-order valence-corrected chi connectivity index (χ3v) is 10.3. The van der Waals surface area contributed by atoms with Crippen LogP contribution in [0.25, 0.3) is 0 Å². The van der Waals surface area contributed by atoms with E-state index < -0.39 is 48.0 Å². The highest BCUT2D eigenvalue weighted by Gasteiger charge is 2.27. The number of morpholine rings is 2. The summed E-state index contributed by atoms with van der Waals surface area (Å²) in [6, 6.07) is 27.3. The molecule has 0 radical (unpaired) electrons. The number of hydrogen-bond donors (Lipinski definition) is 8. The molecule has 0 spiro atoms. The van der Waals surface area contributed by atoms with Crippen LogP contribution in [0.5, 0.6) is 0 Å². The van der Waals surface area contributed by atoms with Crippen molar-refractivity contribution in [2.45, 2.75) is 51.2 Å². The summed E-state index contributed by atoms with van der Waals surface area (Å²) >= 11 is 0. The number of carbonyl (C=O) groups is 4. The monoisotopic (exact) mass is 942 g/mol. The van der Waals surface area contributed by atoms with Crippen LogP contribution in [-0.4, -0.2) is 138 Å². The Labute approximate surface area is 396 Å². The van der Waals surface area contributed by atoms with Crippen molar-refractivity contribution >= 4 is 36.1 Å². The number of aliphatic hydroxyl groups excluding tert-OH is 2. The van der Waals surface area contributed by atoms with Gasteiger partial charge < -0.3 is 40.3 Å². The highest BCUT2D eigenvalue weighted by Crippen LogP contribution is 2.12. The lowest BCUT2D eigenvalue weighted by atomic mass is 10.1. The summed E-state index contributed by atoms with van der Waals surface area (Å²) in [7, 11) is 1.20. The molecule has 17 nitrogen and oxygen atoms in total. The first-order valence-corrected chi connectivity index (χ1v) is 21.2. The maximum atomic E-state index is 12.4. The van der Waals surface area contributed by atoms with Crippen molar-refractivity contribution in [2.24, 2.45) is 5.90 Å². The molecule has 0 aliphatic carbocycles. The zero-order valence-electron chi connectivity index (χ0n) is 37.6. The van der Waals surface area contributed by atoms with Gasteiger partial charge in [0.1, 0.15) is 6.04 Å². The number of nitrogens with zero attached hydrogens (tertiary/aromatic N) is 2. The Balaban J connectivity index is 0.000000338. The number of carbonyl (C=O) groups excluding carboxylic acids is 4. The Kier molecular flexibility index (Phi) is 24.2. The van der Waals surface area contributed by atoms with Crippen molar-refractivity contribution < 1.29 is 54.0 Å². The van der Waals surface area contributed by atoms with Crippen LogP contribution in [0.3, 0.4) is 0 Å². The number of hydrogen-bond acceptors (Lipinski definition) is 14. The van der Waals surface area contributed by atoms with Crippen molar-refractivity contribution in [3.05, 3.63) is 142 Å². The van der Waals surface area contributed by atoms with E-state index in [1.807, 2.05) is 24.3 Å². The molecular formula is C49H59ClN6O11. The quantitative estimate of drug-likeness (QED) is 0.0440. The van der Waals surface area contributed by atoms with E-state index in [1.54, 1.807) is 48.5 Å². The predicted octanol–water partition coefficient (Wildman–Crippen LogP) is 2.23. The molecule has 2 unspecified atom stereocenters. The van der Waals surface area contributed by atoms with Gasteiger partial charge in [-0.3, -0.25) is 29.4 Å². The molecule has 2 aliphatic heterocycles. The van der Waals surface area contributed by atoms with E-state index in [-0.39, 0.29) is 12.4 Å². The Morgan fingerprint density at radius 3 is 1.21 bits per heavy atom. The number of rotatable bonds is 12. The molecule has 4 aromatic carbocycles. The summed E-state index contributed by atoms with van der Waals surface area (Å²) in [4.78, 5) is 52.7. The number of methoxy groups -OCH3 is 1. The third-order valence-electron chi connectivity index (χ3n) is 10.3. The van der Waals surface area contributed by atoms with Crippen LogP contribution in [0.1, 0.15) is 67.9 Å². The zero-order chi connectivity index (χ0) is 47.8. The van der Waals surface area contributed by atoms with Crippen molar-refractivity contribution in [1.82, 2.24) is 25.9 Å². The summed E-state index contributed by atoms with van der Waals surface area (Å²) in [5.74, 6) is 13.3.